The summed E-state index contributed by atoms with van der Waals surface area (Å²) in [5.74, 6) is 1.42. The van der Waals surface area contributed by atoms with Crippen LogP contribution in [-0.2, 0) is 23.0 Å². The van der Waals surface area contributed by atoms with E-state index >= 15 is 0 Å². The molecule has 1 aliphatic heterocycles. The molecular weight excluding hydrogens is 594 g/mol. The molecule has 18 heteroatoms. The zero-order chi connectivity index (χ0) is 29.6. The molecule has 0 aliphatic carbocycles. The molecule has 0 spiro atoms. The first-order valence-electron chi connectivity index (χ1n) is 13.4. The van der Waals surface area contributed by atoms with E-state index in [1.165, 1.54) is 7.11 Å². The van der Waals surface area contributed by atoms with Gasteiger partial charge in [-0.25, -0.2) is 0 Å². The smallest absolute Gasteiger partial charge is 0.723 e. The molecule has 3 aromatic rings. The molecule has 1 aromatic heterocycles. The number of nitrogens with zero attached hydrogens (tertiary/aromatic N) is 6. The van der Waals surface area contributed by atoms with Crippen LogP contribution < -0.4 is 95.6 Å². The van der Waals surface area contributed by atoms with E-state index in [0.29, 0.717) is 52.4 Å². The molecule has 44 heavy (non-hydrogen) atoms. The number of ether oxygens (including phenoxy) is 1. The maximum Gasteiger partial charge on any atom is 1.00 e. The third kappa shape index (κ3) is 12.4. The van der Waals surface area contributed by atoms with Gasteiger partial charge in [-0.3, -0.25) is 4.90 Å². The molecule has 2 aromatic carbocycles. The van der Waals surface area contributed by atoms with E-state index in [-0.39, 0.29) is 91.4 Å². The number of aliphatic hydroxyl groups is 1. The summed E-state index contributed by atoms with van der Waals surface area (Å²) in [6.45, 7) is 5.28. The van der Waals surface area contributed by atoms with Crippen LogP contribution in [0.4, 0.5) is 34.9 Å². The number of rotatable bonds is 16. The Balaban J connectivity index is 0.00000337. The van der Waals surface area contributed by atoms with Crippen molar-refractivity contribution in [2.45, 2.75) is 13.2 Å². The second kappa shape index (κ2) is 20.9. The van der Waals surface area contributed by atoms with Gasteiger partial charge in [0.2, 0.25) is 17.8 Å². The van der Waals surface area contributed by atoms with Gasteiger partial charge in [-0.15, -0.1) is 5.11 Å². The van der Waals surface area contributed by atoms with Crippen molar-refractivity contribution in [3.05, 3.63) is 47.5 Å². The Morgan fingerprint density at radius 3 is 2.14 bits per heavy atom. The molecule has 0 saturated carbocycles. The van der Waals surface area contributed by atoms with Crippen molar-refractivity contribution in [3.63, 3.8) is 0 Å². The average Bonchev–Trinajstić information content (AvgIpc) is 3.00. The summed E-state index contributed by atoms with van der Waals surface area (Å²) >= 11 is 0. The van der Waals surface area contributed by atoms with Crippen molar-refractivity contribution < 1.29 is 89.2 Å². The minimum Gasteiger partial charge on any atom is -0.723 e. The molecule has 0 bridgehead atoms. The summed E-state index contributed by atoms with van der Waals surface area (Å²) in [5.41, 5.74) is 2.53. The number of hydrogen-bond acceptors (Lipinski definition) is 16. The van der Waals surface area contributed by atoms with Crippen molar-refractivity contribution in [1.82, 2.24) is 25.2 Å². The molecule has 0 amide bonds. The predicted octanol–water partition coefficient (Wildman–Crippen LogP) is -5.65. The normalized spacial score (nSPS) is 13.2. The summed E-state index contributed by atoms with van der Waals surface area (Å²) in [5, 5.41) is 51.6. The van der Waals surface area contributed by atoms with Gasteiger partial charge in [-0.05, 0) is 35.4 Å². The average molecular weight is 629 g/mol. The number of aromatic nitrogens is 3. The number of azo groups is 1. The number of aliphatic hydroxyl groups excluding tert-OH is 1. The van der Waals surface area contributed by atoms with Gasteiger partial charge in [-0.1, -0.05) is 6.07 Å². The van der Waals surface area contributed by atoms with Crippen LogP contribution in [0.15, 0.2) is 46.6 Å². The second-order valence-corrected chi connectivity index (χ2v) is 9.22. The molecule has 1 aliphatic rings. The number of hydrogen-bond donors (Lipinski definition) is 5. The maximum absolute atomic E-state index is 10.6. The van der Waals surface area contributed by atoms with Crippen LogP contribution in [0.5, 0.6) is 5.75 Å². The Morgan fingerprint density at radius 1 is 0.886 bits per heavy atom. The van der Waals surface area contributed by atoms with Gasteiger partial charge in [-0.2, -0.15) is 20.1 Å². The fourth-order valence-corrected chi connectivity index (χ4v) is 4.20. The number of methoxy groups -OCH3 is 1. The van der Waals surface area contributed by atoms with Gasteiger partial charge in [0.15, 0.2) is 0 Å². The van der Waals surface area contributed by atoms with E-state index < -0.39 is 0 Å². The molecule has 226 valence electrons. The first-order chi connectivity index (χ1) is 20.6. The van der Waals surface area contributed by atoms with Gasteiger partial charge in [0, 0.05) is 57.6 Å². The van der Waals surface area contributed by atoms with Crippen molar-refractivity contribution in [1.29, 1.82) is 0 Å². The molecule has 5 N–H and O–H groups in total. The summed E-state index contributed by atoms with van der Waals surface area (Å²) in [6, 6.07) is 10.0. The zero-order valence-electron chi connectivity index (χ0n) is 25.2. The first-order valence-corrected chi connectivity index (χ1v) is 13.4. The second-order valence-electron chi connectivity index (χ2n) is 9.22. The largest absolute Gasteiger partial charge is 1.00 e. The van der Waals surface area contributed by atoms with Gasteiger partial charge in [0.1, 0.15) is 11.4 Å². The monoisotopic (exact) mass is 628 g/mol. The minimum absolute atomic E-state index is 0. The van der Waals surface area contributed by atoms with E-state index in [1.54, 1.807) is 36.4 Å². The Hall–Kier alpha value is -2.03. The van der Waals surface area contributed by atoms with Gasteiger partial charge in [0.05, 0.1) is 32.6 Å². The van der Waals surface area contributed by atoms with Crippen molar-refractivity contribution in [2.75, 3.05) is 75.5 Å². The molecule has 1 saturated heterocycles. The third-order valence-corrected chi connectivity index (χ3v) is 6.15. The van der Waals surface area contributed by atoms with Crippen LogP contribution in [0.25, 0.3) is 0 Å². The van der Waals surface area contributed by atoms with Gasteiger partial charge in [0.25, 0.3) is 0 Å². The van der Waals surface area contributed by atoms with Gasteiger partial charge < -0.3 is 51.4 Å². The first kappa shape index (κ1) is 38.2. The third-order valence-electron chi connectivity index (χ3n) is 6.15. The number of anilines is 4. The van der Waals surface area contributed by atoms with E-state index in [2.05, 4.69) is 61.1 Å². The van der Waals surface area contributed by atoms with Crippen molar-refractivity contribution >= 4 is 34.9 Å². The fraction of sp³-hybridized carbons (Fsp3) is 0.423. The number of nitrogens with one attached hydrogen (secondary N) is 4. The number of benzene rings is 2. The van der Waals surface area contributed by atoms with Crippen LogP contribution >= 0.6 is 0 Å². The summed E-state index contributed by atoms with van der Waals surface area (Å²) in [6.07, 6.45) is 0. The van der Waals surface area contributed by atoms with Crippen LogP contribution in [0, 0.1) is 0 Å². The molecular formula is C26H34N10Na2O6. The van der Waals surface area contributed by atoms with Crippen LogP contribution in [-0.4, -0.2) is 84.5 Å². The Kier molecular flexibility index (Phi) is 18.1. The molecule has 1 fully saturated rings. The van der Waals surface area contributed by atoms with E-state index in [4.69, 9.17) is 4.74 Å². The molecule has 0 atom stereocenters. The molecule has 16 nitrogen and oxygen atoms in total. The van der Waals surface area contributed by atoms with E-state index in [9.17, 15) is 15.6 Å². The van der Waals surface area contributed by atoms with Crippen molar-refractivity contribution in [2.24, 2.45) is 10.2 Å². The fourth-order valence-electron chi connectivity index (χ4n) is 4.20. The quantitative estimate of drug-likeness (QED) is 0.0434. The van der Waals surface area contributed by atoms with Crippen LogP contribution in [0.1, 0.15) is 11.1 Å². The molecule has 4 rings (SSSR count). The summed E-state index contributed by atoms with van der Waals surface area (Å²) < 4.78 is 5.52. The summed E-state index contributed by atoms with van der Waals surface area (Å²) in [4.78, 5) is 23.6. The van der Waals surface area contributed by atoms with E-state index in [1.807, 2.05) is 0 Å². The summed E-state index contributed by atoms with van der Waals surface area (Å²) in [7, 11) is 1.51. The standard InChI is InChI=1S/C26H36N10O6.2Na/c1-40-23-15-20(2-3-22(23)35-34-21-13-18(16-41-38)12-19(14-21)17-42-39)30-26-32-24(31-25(33-26)29-7-11-37)28-6-10-36-8-4-27-5-9-36;;/h2-3,12-15,27,37-39H,4-11,16-17H2,1H3,(H3,28,29,30,31,32,33);;/q;2*+1/p-2. The molecule has 2 heterocycles. The van der Waals surface area contributed by atoms with Crippen molar-refractivity contribution in [3.8, 4) is 5.75 Å². The zero-order valence-corrected chi connectivity index (χ0v) is 29.2. The number of piperazine rings is 1. The van der Waals surface area contributed by atoms with Crippen LogP contribution in [0.2, 0.25) is 0 Å². The minimum atomic E-state index is -0.194. The van der Waals surface area contributed by atoms with E-state index in [0.717, 1.165) is 32.7 Å². The Morgan fingerprint density at radius 2 is 1.52 bits per heavy atom. The van der Waals surface area contributed by atoms with Crippen LogP contribution in [0.3, 0.4) is 0 Å². The SMILES string of the molecule is COc1cc(Nc2nc(NCCO)nc(NCCN3CCNCC3)n2)ccc1N=Nc1cc(CO[O-])cc(CO[O-])c1.[Na+].[Na+]. The Bertz CT molecular complexity index is 1300. The van der Waals surface area contributed by atoms with Gasteiger partial charge >= 0.3 is 59.1 Å². The predicted molar refractivity (Wildman–Crippen MR) is 150 cm³/mol. The molecule has 0 radical (unpaired) electrons. The Labute approximate surface area is 299 Å². The maximum atomic E-state index is 10.6. The topological polar surface area (TPSA) is 209 Å². The molecule has 0 unspecified atom stereocenters.